The fourth-order valence-corrected chi connectivity index (χ4v) is 1.31. The molecule has 1 heterocycles. The van der Waals surface area contributed by atoms with Gasteiger partial charge in [-0.15, -0.1) is 0 Å². The van der Waals surface area contributed by atoms with Gasteiger partial charge in [0.15, 0.2) is 0 Å². The normalized spacial score (nSPS) is 16.9. The van der Waals surface area contributed by atoms with Gasteiger partial charge in [0.25, 0.3) is 5.91 Å². The van der Waals surface area contributed by atoms with Crippen molar-refractivity contribution in [2.24, 2.45) is 0 Å². The molecule has 1 aliphatic heterocycles. The van der Waals surface area contributed by atoms with Gasteiger partial charge in [0.1, 0.15) is 0 Å². The van der Waals surface area contributed by atoms with E-state index in [2.05, 4.69) is 27.4 Å². The Morgan fingerprint density at radius 1 is 1.50 bits per heavy atom. The van der Waals surface area contributed by atoms with Crippen molar-refractivity contribution in [2.75, 3.05) is 39.3 Å². The molecule has 0 aliphatic carbocycles. The van der Waals surface area contributed by atoms with Crippen molar-refractivity contribution in [1.82, 2.24) is 15.5 Å². The lowest BCUT2D eigenvalue weighted by atomic mass is 10.3. The number of piperazine rings is 1. The van der Waals surface area contributed by atoms with E-state index < -0.39 is 0 Å². The third-order valence-corrected chi connectivity index (χ3v) is 2.05. The lowest BCUT2D eigenvalue weighted by molar-refractivity contribution is -0.115. The smallest absolute Gasteiger partial charge is 0.295 e. The van der Waals surface area contributed by atoms with Gasteiger partial charge in [-0.25, -0.2) is 0 Å². The van der Waals surface area contributed by atoms with E-state index in [4.69, 9.17) is 0 Å². The first-order valence-corrected chi connectivity index (χ1v) is 5.02. The van der Waals surface area contributed by atoms with Gasteiger partial charge in [-0.3, -0.25) is 9.69 Å². The standard InChI is InChI=1S/C10H17N3O/c1-2-12-10(14)4-3-7-13-8-5-11-6-9-13/h11H,2,5-9H2,1H3,(H,12,14). The second-order valence-electron chi connectivity index (χ2n) is 3.19. The number of hydrogen-bond acceptors (Lipinski definition) is 3. The molecule has 14 heavy (non-hydrogen) atoms. The van der Waals surface area contributed by atoms with Crippen molar-refractivity contribution in [1.29, 1.82) is 0 Å². The summed E-state index contributed by atoms with van der Waals surface area (Å²) in [6.07, 6.45) is 0. The predicted octanol–water partition coefficient (Wildman–Crippen LogP) is -0.969. The highest BCUT2D eigenvalue weighted by Crippen LogP contribution is 1.89. The molecular weight excluding hydrogens is 178 g/mol. The number of hydrogen-bond donors (Lipinski definition) is 2. The second-order valence-corrected chi connectivity index (χ2v) is 3.19. The monoisotopic (exact) mass is 195 g/mol. The topological polar surface area (TPSA) is 44.4 Å². The average molecular weight is 195 g/mol. The molecule has 0 atom stereocenters. The molecule has 1 saturated heterocycles. The Kier molecular flexibility index (Phi) is 5.05. The fourth-order valence-electron chi connectivity index (χ4n) is 1.31. The van der Waals surface area contributed by atoms with Crippen molar-refractivity contribution in [3.63, 3.8) is 0 Å². The molecule has 4 nitrogen and oxygen atoms in total. The van der Waals surface area contributed by atoms with E-state index >= 15 is 0 Å². The van der Waals surface area contributed by atoms with Crippen LogP contribution in [-0.4, -0.2) is 50.1 Å². The minimum Gasteiger partial charge on any atom is -0.346 e. The zero-order valence-electron chi connectivity index (χ0n) is 8.60. The summed E-state index contributed by atoms with van der Waals surface area (Å²) in [4.78, 5) is 13.2. The molecule has 0 aromatic rings. The van der Waals surface area contributed by atoms with Crippen LogP contribution >= 0.6 is 0 Å². The van der Waals surface area contributed by atoms with E-state index in [-0.39, 0.29) is 5.91 Å². The zero-order valence-corrected chi connectivity index (χ0v) is 8.60. The molecule has 0 bridgehead atoms. The summed E-state index contributed by atoms with van der Waals surface area (Å²) in [5.74, 6) is 5.27. The molecule has 1 amide bonds. The van der Waals surface area contributed by atoms with E-state index in [1.807, 2.05) is 6.92 Å². The number of amides is 1. The summed E-state index contributed by atoms with van der Waals surface area (Å²) >= 11 is 0. The Bertz CT molecular complexity index is 235. The number of nitrogens with one attached hydrogen (secondary N) is 2. The van der Waals surface area contributed by atoms with Crippen LogP contribution in [0.5, 0.6) is 0 Å². The molecule has 0 saturated carbocycles. The van der Waals surface area contributed by atoms with Crippen LogP contribution in [0.2, 0.25) is 0 Å². The van der Waals surface area contributed by atoms with Crippen LogP contribution in [0.25, 0.3) is 0 Å². The third-order valence-electron chi connectivity index (χ3n) is 2.05. The van der Waals surface area contributed by atoms with Crippen molar-refractivity contribution < 1.29 is 4.79 Å². The number of carbonyl (C=O) groups excluding carboxylic acids is 1. The lowest BCUT2D eigenvalue weighted by Crippen LogP contribution is -2.43. The molecule has 4 heteroatoms. The molecule has 1 aliphatic rings. The number of nitrogens with zero attached hydrogens (tertiary/aromatic N) is 1. The summed E-state index contributed by atoms with van der Waals surface area (Å²) in [6.45, 7) is 7.29. The second kappa shape index (κ2) is 6.41. The molecule has 0 unspecified atom stereocenters. The minimum atomic E-state index is -0.178. The summed E-state index contributed by atoms with van der Waals surface area (Å²) in [7, 11) is 0. The van der Waals surface area contributed by atoms with Crippen molar-refractivity contribution >= 4 is 5.91 Å². The van der Waals surface area contributed by atoms with E-state index in [1.165, 1.54) is 0 Å². The van der Waals surface area contributed by atoms with Gasteiger partial charge in [-0.2, -0.15) is 0 Å². The molecule has 0 spiro atoms. The molecular formula is C10H17N3O. The van der Waals surface area contributed by atoms with Crippen molar-refractivity contribution in [3.05, 3.63) is 0 Å². The highest BCUT2D eigenvalue weighted by molar-refractivity contribution is 5.93. The maximum absolute atomic E-state index is 11.0. The molecule has 1 rings (SSSR count). The molecule has 0 radical (unpaired) electrons. The third kappa shape index (κ3) is 4.26. The van der Waals surface area contributed by atoms with Crippen LogP contribution in [0.3, 0.4) is 0 Å². The van der Waals surface area contributed by atoms with E-state index in [9.17, 15) is 4.79 Å². The van der Waals surface area contributed by atoms with E-state index in [0.717, 1.165) is 26.2 Å². The van der Waals surface area contributed by atoms with Crippen LogP contribution in [0.4, 0.5) is 0 Å². The summed E-state index contributed by atoms with van der Waals surface area (Å²) in [5, 5.41) is 5.90. The number of rotatable bonds is 2. The van der Waals surface area contributed by atoms with Crippen LogP contribution in [0.15, 0.2) is 0 Å². The Balaban J connectivity index is 2.20. The Morgan fingerprint density at radius 2 is 2.21 bits per heavy atom. The SMILES string of the molecule is CCNC(=O)C#CCN1CCNCC1. The van der Waals surface area contributed by atoms with Gasteiger partial charge < -0.3 is 10.6 Å². The van der Waals surface area contributed by atoms with E-state index in [1.54, 1.807) is 0 Å². The Hall–Kier alpha value is -1.05. The highest BCUT2D eigenvalue weighted by Gasteiger charge is 2.06. The molecule has 2 N–H and O–H groups in total. The average Bonchev–Trinajstić information content (AvgIpc) is 2.20. The van der Waals surface area contributed by atoms with Crippen LogP contribution < -0.4 is 10.6 Å². The van der Waals surface area contributed by atoms with Crippen molar-refractivity contribution in [2.45, 2.75) is 6.92 Å². The molecule has 78 valence electrons. The van der Waals surface area contributed by atoms with Crippen LogP contribution in [-0.2, 0) is 4.79 Å². The predicted molar refractivity (Wildman–Crippen MR) is 55.8 cm³/mol. The van der Waals surface area contributed by atoms with Gasteiger partial charge in [0.05, 0.1) is 6.54 Å². The lowest BCUT2D eigenvalue weighted by Gasteiger charge is -2.24. The summed E-state index contributed by atoms with van der Waals surface area (Å²) < 4.78 is 0. The largest absolute Gasteiger partial charge is 0.346 e. The first kappa shape index (κ1) is 11.0. The van der Waals surface area contributed by atoms with E-state index in [0.29, 0.717) is 13.1 Å². The quantitative estimate of drug-likeness (QED) is 0.557. The highest BCUT2D eigenvalue weighted by atomic mass is 16.1. The van der Waals surface area contributed by atoms with Crippen LogP contribution in [0, 0.1) is 11.8 Å². The Labute approximate surface area is 85.0 Å². The first-order chi connectivity index (χ1) is 6.83. The van der Waals surface area contributed by atoms with Gasteiger partial charge in [0.2, 0.25) is 0 Å². The molecule has 0 aromatic heterocycles. The summed E-state index contributed by atoms with van der Waals surface area (Å²) in [6, 6.07) is 0. The maximum Gasteiger partial charge on any atom is 0.295 e. The van der Waals surface area contributed by atoms with Crippen molar-refractivity contribution in [3.8, 4) is 11.8 Å². The molecule has 1 fully saturated rings. The zero-order chi connectivity index (χ0) is 10.2. The van der Waals surface area contributed by atoms with Gasteiger partial charge >= 0.3 is 0 Å². The first-order valence-electron chi connectivity index (χ1n) is 5.02. The van der Waals surface area contributed by atoms with Gasteiger partial charge in [-0.05, 0) is 12.8 Å². The molecule has 0 aromatic carbocycles. The van der Waals surface area contributed by atoms with Crippen LogP contribution in [0.1, 0.15) is 6.92 Å². The van der Waals surface area contributed by atoms with Gasteiger partial charge in [-0.1, -0.05) is 5.92 Å². The fraction of sp³-hybridized carbons (Fsp3) is 0.700. The van der Waals surface area contributed by atoms with Gasteiger partial charge in [0, 0.05) is 32.7 Å². The minimum absolute atomic E-state index is 0.178. The summed E-state index contributed by atoms with van der Waals surface area (Å²) in [5.41, 5.74) is 0. The maximum atomic E-state index is 11.0. The number of carbonyl (C=O) groups is 1. The Morgan fingerprint density at radius 3 is 2.86 bits per heavy atom.